The Morgan fingerprint density at radius 3 is 1.95 bits per heavy atom. The molecule has 2 rings (SSSR count). The zero-order chi connectivity index (χ0) is 13.7. The molecule has 0 amide bonds. The maximum atomic E-state index is 10.5. The van der Waals surface area contributed by atoms with E-state index in [4.69, 9.17) is 5.84 Å². The van der Waals surface area contributed by atoms with Gasteiger partial charge in [0.15, 0.2) is 0 Å². The normalized spacial score (nSPS) is 10.1. The summed E-state index contributed by atoms with van der Waals surface area (Å²) in [6.45, 7) is 1.19. The van der Waals surface area contributed by atoms with Crippen LogP contribution in [0.5, 0.6) is 0 Å². The SMILES string of the molecule is Cl.NN(Cc1ccccc1)Cc1ccc([N+](=O)[O-])cc1. The number of nitro groups is 1. The first-order valence-electron chi connectivity index (χ1n) is 5.92. The molecule has 0 fully saturated rings. The standard InChI is InChI=1S/C14H15N3O2.ClH/c15-16(10-12-4-2-1-3-5-12)11-13-6-8-14(9-7-13)17(18)19;/h1-9H,10-11,15H2;1H. The molecule has 0 saturated heterocycles. The summed E-state index contributed by atoms with van der Waals surface area (Å²) in [6, 6.07) is 16.3. The first kappa shape index (κ1) is 16.1. The lowest BCUT2D eigenvalue weighted by Crippen LogP contribution is -2.29. The molecule has 2 aromatic rings. The van der Waals surface area contributed by atoms with Crippen LogP contribution >= 0.6 is 12.4 Å². The van der Waals surface area contributed by atoms with Crippen molar-refractivity contribution in [2.45, 2.75) is 13.1 Å². The molecule has 0 atom stereocenters. The summed E-state index contributed by atoms with van der Waals surface area (Å²) in [6.07, 6.45) is 0. The Bertz CT molecular complexity index is 546. The van der Waals surface area contributed by atoms with Crippen LogP contribution in [-0.4, -0.2) is 9.93 Å². The quantitative estimate of drug-likeness (QED) is 0.523. The van der Waals surface area contributed by atoms with E-state index < -0.39 is 4.92 Å². The smallest absolute Gasteiger partial charge is 0.268 e. The van der Waals surface area contributed by atoms with Gasteiger partial charge in [0.05, 0.1) is 4.92 Å². The lowest BCUT2D eigenvalue weighted by Gasteiger charge is -2.16. The molecule has 0 saturated carbocycles. The second kappa shape index (κ2) is 7.59. The van der Waals surface area contributed by atoms with Gasteiger partial charge in [-0.2, -0.15) is 0 Å². The molecule has 106 valence electrons. The van der Waals surface area contributed by atoms with Gasteiger partial charge in [-0.3, -0.25) is 16.0 Å². The fourth-order valence-corrected chi connectivity index (χ4v) is 1.83. The topological polar surface area (TPSA) is 72.4 Å². The molecule has 0 heterocycles. The number of nitrogens with zero attached hydrogens (tertiary/aromatic N) is 2. The molecule has 2 aromatic carbocycles. The van der Waals surface area contributed by atoms with Crippen LogP contribution in [0, 0.1) is 10.1 Å². The van der Waals surface area contributed by atoms with Gasteiger partial charge in [-0.1, -0.05) is 42.5 Å². The number of nitrogens with two attached hydrogens (primary N) is 1. The van der Waals surface area contributed by atoms with Gasteiger partial charge in [-0.25, -0.2) is 5.01 Å². The van der Waals surface area contributed by atoms with Gasteiger partial charge in [0.2, 0.25) is 0 Å². The average molecular weight is 294 g/mol. The minimum atomic E-state index is -0.409. The van der Waals surface area contributed by atoms with Crippen LogP contribution in [-0.2, 0) is 13.1 Å². The number of halogens is 1. The molecule has 2 N–H and O–H groups in total. The lowest BCUT2D eigenvalue weighted by atomic mass is 10.2. The van der Waals surface area contributed by atoms with Gasteiger partial charge in [-0.15, -0.1) is 12.4 Å². The van der Waals surface area contributed by atoms with E-state index in [1.54, 1.807) is 17.1 Å². The van der Waals surface area contributed by atoms with Crippen molar-refractivity contribution >= 4 is 18.1 Å². The van der Waals surface area contributed by atoms with Gasteiger partial charge < -0.3 is 0 Å². The van der Waals surface area contributed by atoms with Crippen LogP contribution in [0.25, 0.3) is 0 Å². The van der Waals surface area contributed by atoms with Crippen LogP contribution in [0.2, 0.25) is 0 Å². The molecule has 0 unspecified atom stereocenters. The molecule has 0 aromatic heterocycles. The minimum absolute atomic E-state index is 0. The highest BCUT2D eigenvalue weighted by Gasteiger charge is 2.06. The van der Waals surface area contributed by atoms with E-state index in [0.717, 1.165) is 11.1 Å². The third-order valence-corrected chi connectivity index (χ3v) is 2.76. The number of benzene rings is 2. The lowest BCUT2D eigenvalue weighted by molar-refractivity contribution is -0.384. The Kier molecular flexibility index (Phi) is 6.11. The Morgan fingerprint density at radius 1 is 0.950 bits per heavy atom. The van der Waals surface area contributed by atoms with E-state index in [1.807, 2.05) is 30.3 Å². The van der Waals surface area contributed by atoms with E-state index >= 15 is 0 Å². The molecule has 5 nitrogen and oxygen atoms in total. The van der Waals surface area contributed by atoms with Crippen LogP contribution in [0.3, 0.4) is 0 Å². The van der Waals surface area contributed by atoms with Gasteiger partial charge in [0, 0.05) is 25.2 Å². The van der Waals surface area contributed by atoms with Crippen LogP contribution in [0.4, 0.5) is 5.69 Å². The van der Waals surface area contributed by atoms with E-state index in [2.05, 4.69) is 0 Å². The molecule has 0 aliphatic heterocycles. The Labute approximate surface area is 123 Å². The van der Waals surface area contributed by atoms with E-state index in [9.17, 15) is 10.1 Å². The Balaban J connectivity index is 0.00000200. The summed E-state index contributed by atoms with van der Waals surface area (Å²) in [5, 5.41) is 12.2. The van der Waals surface area contributed by atoms with Gasteiger partial charge in [0.1, 0.15) is 0 Å². The van der Waals surface area contributed by atoms with Crippen molar-refractivity contribution in [3.8, 4) is 0 Å². The second-order valence-corrected chi connectivity index (χ2v) is 4.31. The molecule has 6 heteroatoms. The zero-order valence-corrected chi connectivity index (χ0v) is 11.6. The summed E-state index contributed by atoms with van der Waals surface area (Å²) in [5.74, 6) is 5.94. The molecule has 0 spiro atoms. The minimum Gasteiger partial charge on any atom is -0.268 e. The molecule has 0 radical (unpaired) electrons. The number of hydrogen-bond donors (Lipinski definition) is 1. The Hall–Kier alpha value is -1.95. The van der Waals surface area contributed by atoms with E-state index in [1.165, 1.54) is 12.1 Å². The summed E-state index contributed by atoms with van der Waals surface area (Å²) >= 11 is 0. The summed E-state index contributed by atoms with van der Waals surface area (Å²) in [4.78, 5) is 10.1. The summed E-state index contributed by atoms with van der Waals surface area (Å²) in [7, 11) is 0. The van der Waals surface area contributed by atoms with E-state index in [0.29, 0.717) is 13.1 Å². The van der Waals surface area contributed by atoms with Crippen molar-refractivity contribution in [2.75, 3.05) is 0 Å². The molecular formula is C14H16ClN3O2. The highest BCUT2D eigenvalue weighted by molar-refractivity contribution is 5.85. The third kappa shape index (κ3) is 4.62. The average Bonchev–Trinajstić information content (AvgIpc) is 2.40. The Morgan fingerprint density at radius 2 is 1.45 bits per heavy atom. The largest absolute Gasteiger partial charge is 0.269 e. The highest BCUT2D eigenvalue weighted by Crippen LogP contribution is 2.13. The highest BCUT2D eigenvalue weighted by atomic mass is 35.5. The van der Waals surface area contributed by atoms with Crippen LogP contribution in [0.1, 0.15) is 11.1 Å². The molecule has 0 aliphatic rings. The predicted octanol–water partition coefficient (Wildman–Crippen LogP) is 2.89. The maximum Gasteiger partial charge on any atom is 0.269 e. The fraction of sp³-hybridized carbons (Fsp3) is 0.143. The number of hydrogen-bond acceptors (Lipinski definition) is 4. The summed E-state index contributed by atoms with van der Waals surface area (Å²) in [5.41, 5.74) is 2.17. The van der Waals surface area contributed by atoms with Crippen LogP contribution in [0.15, 0.2) is 54.6 Å². The first-order valence-corrected chi connectivity index (χ1v) is 5.92. The number of rotatable bonds is 5. The van der Waals surface area contributed by atoms with Crippen molar-refractivity contribution in [1.29, 1.82) is 0 Å². The summed E-state index contributed by atoms with van der Waals surface area (Å²) < 4.78 is 0. The van der Waals surface area contributed by atoms with Gasteiger partial charge in [-0.05, 0) is 11.1 Å². The van der Waals surface area contributed by atoms with Crippen molar-refractivity contribution in [2.24, 2.45) is 5.84 Å². The maximum absolute atomic E-state index is 10.5. The predicted molar refractivity (Wildman–Crippen MR) is 80.2 cm³/mol. The third-order valence-electron chi connectivity index (χ3n) is 2.76. The monoisotopic (exact) mass is 293 g/mol. The van der Waals surface area contributed by atoms with Crippen molar-refractivity contribution in [1.82, 2.24) is 5.01 Å². The van der Waals surface area contributed by atoms with Crippen molar-refractivity contribution in [3.05, 3.63) is 75.8 Å². The molecular weight excluding hydrogens is 278 g/mol. The fourth-order valence-electron chi connectivity index (χ4n) is 1.83. The molecule has 0 bridgehead atoms. The number of non-ortho nitro benzene ring substituents is 1. The van der Waals surface area contributed by atoms with Crippen LogP contribution < -0.4 is 5.84 Å². The molecule has 20 heavy (non-hydrogen) atoms. The first-order chi connectivity index (χ1) is 9.15. The number of hydrazine groups is 1. The van der Waals surface area contributed by atoms with Gasteiger partial charge in [0.25, 0.3) is 5.69 Å². The van der Waals surface area contributed by atoms with Crippen molar-refractivity contribution < 1.29 is 4.92 Å². The zero-order valence-electron chi connectivity index (χ0n) is 10.8. The van der Waals surface area contributed by atoms with Gasteiger partial charge >= 0.3 is 0 Å². The number of nitro benzene ring substituents is 1. The van der Waals surface area contributed by atoms with Crippen molar-refractivity contribution in [3.63, 3.8) is 0 Å². The van der Waals surface area contributed by atoms with E-state index in [-0.39, 0.29) is 18.1 Å². The molecule has 0 aliphatic carbocycles. The second-order valence-electron chi connectivity index (χ2n) is 4.31.